The summed E-state index contributed by atoms with van der Waals surface area (Å²) >= 11 is 0. The molecule has 0 aliphatic rings. The van der Waals surface area contributed by atoms with Crippen LogP contribution in [0, 0.1) is 5.92 Å². The van der Waals surface area contributed by atoms with Crippen molar-refractivity contribution in [1.29, 1.82) is 0 Å². The van der Waals surface area contributed by atoms with E-state index < -0.39 is 0 Å². The fraction of sp³-hybridized carbons (Fsp3) is 0.692. The van der Waals surface area contributed by atoms with Gasteiger partial charge < -0.3 is 15.5 Å². The fourth-order valence-electron chi connectivity index (χ4n) is 1.93. The Bertz CT molecular complexity index is 246. The monoisotopic (exact) mass is 224 g/mol. The van der Waals surface area contributed by atoms with Crippen LogP contribution in [0.4, 0.5) is 0 Å². The van der Waals surface area contributed by atoms with Gasteiger partial charge in [-0.05, 0) is 44.3 Å². The standard InChI is InChI=1S/C13H24N2O/c1-2-12(5-7-14)4-3-8-15-10-13-6-9-16-11-13/h6,9,11-12,15H,2-5,7-8,10,14H2,1H3. The molecule has 1 aromatic heterocycles. The molecule has 0 saturated heterocycles. The molecule has 3 N–H and O–H groups in total. The van der Waals surface area contributed by atoms with E-state index in [1.165, 1.54) is 24.8 Å². The van der Waals surface area contributed by atoms with Gasteiger partial charge in [0.1, 0.15) is 0 Å². The Labute approximate surface area is 98.4 Å². The Morgan fingerprint density at radius 1 is 1.44 bits per heavy atom. The fourth-order valence-corrected chi connectivity index (χ4v) is 1.93. The predicted octanol–water partition coefficient (Wildman–Crippen LogP) is 2.52. The Balaban J connectivity index is 1.98. The van der Waals surface area contributed by atoms with Gasteiger partial charge in [-0.3, -0.25) is 0 Å². The summed E-state index contributed by atoms with van der Waals surface area (Å²) < 4.78 is 5.01. The van der Waals surface area contributed by atoms with Gasteiger partial charge in [0.2, 0.25) is 0 Å². The zero-order chi connectivity index (χ0) is 11.6. The van der Waals surface area contributed by atoms with Gasteiger partial charge in [0.15, 0.2) is 0 Å². The van der Waals surface area contributed by atoms with E-state index in [1.54, 1.807) is 12.5 Å². The van der Waals surface area contributed by atoms with E-state index >= 15 is 0 Å². The number of hydrogen-bond donors (Lipinski definition) is 2. The number of hydrogen-bond acceptors (Lipinski definition) is 3. The molecular formula is C13H24N2O. The third kappa shape index (κ3) is 5.33. The molecule has 0 saturated carbocycles. The van der Waals surface area contributed by atoms with Crippen molar-refractivity contribution in [3.05, 3.63) is 24.2 Å². The highest BCUT2D eigenvalue weighted by atomic mass is 16.3. The summed E-state index contributed by atoms with van der Waals surface area (Å²) in [5.41, 5.74) is 6.79. The first kappa shape index (κ1) is 13.3. The summed E-state index contributed by atoms with van der Waals surface area (Å²) in [5, 5.41) is 3.42. The van der Waals surface area contributed by atoms with E-state index in [1.807, 2.05) is 6.07 Å². The molecule has 0 aromatic carbocycles. The van der Waals surface area contributed by atoms with E-state index in [9.17, 15) is 0 Å². The van der Waals surface area contributed by atoms with E-state index in [0.717, 1.165) is 32.0 Å². The van der Waals surface area contributed by atoms with Crippen LogP contribution in [0.5, 0.6) is 0 Å². The quantitative estimate of drug-likeness (QED) is 0.634. The zero-order valence-electron chi connectivity index (χ0n) is 10.2. The molecule has 1 rings (SSSR count). The molecule has 16 heavy (non-hydrogen) atoms. The molecule has 1 aromatic rings. The number of nitrogens with one attached hydrogen (secondary N) is 1. The summed E-state index contributed by atoms with van der Waals surface area (Å²) in [4.78, 5) is 0. The highest BCUT2D eigenvalue weighted by molar-refractivity contribution is 5.04. The van der Waals surface area contributed by atoms with Crippen molar-refractivity contribution in [2.75, 3.05) is 13.1 Å². The molecule has 1 unspecified atom stereocenters. The lowest BCUT2D eigenvalue weighted by Gasteiger charge is -2.13. The molecule has 1 atom stereocenters. The smallest absolute Gasteiger partial charge is 0.0947 e. The van der Waals surface area contributed by atoms with Crippen LogP contribution >= 0.6 is 0 Å². The highest BCUT2D eigenvalue weighted by Gasteiger charge is 2.04. The topological polar surface area (TPSA) is 51.2 Å². The lowest BCUT2D eigenvalue weighted by Crippen LogP contribution is -2.16. The number of nitrogens with two attached hydrogens (primary N) is 1. The second-order valence-corrected chi connectivity index (χ2v) is 4.30. The SMILES string of the molecule is CCC(CCN)CCCNCc1ccoc1. The van der Waals surface area contributed by atoms with Crippen molar-refractivity contribution in [2.45, 2.75) is 39.2 Å². The largest absolute Gasteiger partial charge is 0.472 e. The van der Waals surface area contributed by atoms with Crippen molar-refractivity contribution in [3.63, 3.8) is 0 Å². The van der Waals surface area contributed by atoms with Crippen LogP contribution in [0.2, 0.25) is 0 Å². The maximum atomic E-state index is 5.57. The van der Waals surface area contributed by atoms with Crippen LogP contribution < -0.4 is 11.1 Å². The molecule has 92 valence electrons. The van der Waals surface area contributed by atoms with Crippen molar-refractivity contribution in [3.8, 4) is 0 Å². The Hall–Kier alpha value is -0.800. The van der Waals surface area contributed by atoms with Crippen molar-refractivity contribution >= 4 is 0 Å². The Kier molecular flexibility index (Phi) is 6.93. The van der Waals surface area contributed by atoms with Crippen LogP contribution in [-0.2, 0) is 6.54 Å². The van der Waals surface area contributed by atoms with Gasteiger partial charge in [0.25, 0.3) is 0 Å². The first-order valence-electron chi connectivity index (χ1n) is 6.28. The molecule has 0 bridgehead atoms. The van der Waals surface area contributed by atoms with E-state index in [4.69, 9.17) is 10.2 Å². The molecular weight excluding hydrogens is 200 g/mol. The van der Waals surface area contributed by atoms with E-state index in [2.05, 4.69) is 12.2 Å². The molecule has 0 aliphatic heterocycles. The van der Waals surface area contributed by atoms with Gasteiger partial charge in [0, 0.05) is 12.1 Å². The number of rotatable bonds is 9. The van der Waals surface area contributed by atoms with Crippen molar-refractivity contribution in [1.82, 2.24) is 5.32 Å². The molecule has 0 amide bonds. The Morgan fingerprint density at radius 2 is 2.31 bits per heavy atom. The normalized spacial score (nSPS) is 12.9. The molecule has 3 heteroatoms. The van der Waals surface area contributed by atoms with Gasteiger partial charge in [-0.25, -0.2) is 0 Å². The minimum absolute atomic E-state index is 0.806. The molecule has 0 fully saturated rings. The first-order valence-corrected chi connectivity index (χ1v) is 6.28. The summed E-state index contributed by atoms with van der Waals surface area (Å²) in [7, 11) is 0. The number of furan rings is 1. The summed E-state index contributed by atoms with van der Waals surface area (Å²) in [6.07, 6.45) is 8.43. The van der Waals surface area contributed by atoms with E-state index in [0.29, 0.717) is 0 Å². The average molecular weight is 224 g/mol. The van der Waals surface area contributed by atoms with Gasteiger partial charge in [-0.15, -0.1) is 0 Å². The predicted molar refractivity (Wildman–Crippen MR) is 67.1 cm³/mol. The second-order valence-electron chi connectivity index (χ2n) is 4.30. The second kappa shape index (κ2) is 8.36. The molecule has 1 heterocycles. The first-order chi connectivity index (χ1) is 7.86. The van der Waals surface area contributed by atoms with Crippen molar-refractivity contribution in [2.24, 2.45) is 11.7 Å². The van der Waals surface area contributed by atoms with E-state index in [-0.39, 0.29) is 0 Å². The van der Waals surface area contributed by atoms with Gasteiger partial charge in [-0.2, -0.15) is 0 Å². The summed E-state index contributed by atoms with van der Waals surface area (Å²) in [6, 6.07) is 2.00. The summed E-state index contributed by atoms with van der Waals surface area (Å²) in [6.45, 7) is 5.05. The highest BCUT2D eigenvalue weighted by Crippen LogP contribution is 2.13. The van der Waals surface area contributed by atoms with Crippen LogP contribution in [0.3, 0.4) is 0 Å². The Morgan fingerprint density at radius 3 is 2.94 bits per heavy atom. The maximum Gasteiger partial charge on any atom is 0.0947 e. The van der Waals surface area contributed by atoms with Gasteiger partial charge in [-0.1, -0.05) is 13.3 Å². The summed E-state index contributed by atoms with van der Waals surface area (Å²) in [5.74, 6) is 0.806. The van der Waals surface area contributed by atoms with Crippen LogP contribution in [0.1, 0.15) is 38.2 Å². The average Bonchev–Trinajstić information content (AvgIpc) is 2.80. The van der Waals surface area contributed by atoms with Crippen LogP contribution in [0.25, 0.3) is 0 Å². The molecule has 0 aliphatic carbocycles. The maximum absolute atomic E-state index is 5.57. The van der Waals surface area contributed by atoms with Crippen molar-refractivity contribution < 1.29 is 4.42 Å². The molecule has 0 radical (unpaired) electrons. The van der Waals surface area contributed by atoms with Crippen LogP contribution in [0.15, 0.2) is 23.0 Å². The van der Waals surface area contributed by atoms with Gasteiger partial charge >= 0.3 is 0 Å². The molecule has 3 nitrogen and oxygen atoms in total. The van der Waals surface area contributed by atoms with Gasteiger partial charge in [0.05, 0.1) is 12.5 Å². The minimum atomic E-state index is 0.806. The third-order valence-electron chi connectivity index (χ3n) is 3.03. The lowest BCUT2D eigenvalue weighted by atomic mass is 9.97. The third-order valence-corrected chi connectivity index (χ3v) is 3.03. The van der Waals surface area contributed by atoms with Crippen LogP contribution in [-0.4, -0.2) is 13.1 Å². The molecule has 0 spiro atoms. The lowest BCUT2D eigenvalue weighted by molar-refractivity contribution is 0.422. The minimum Gasteiger partial charge on any atom is -0.472 e. The zero-order valence-corrected chi connectivity index (χ0v) is 10.2.